The van der Waals surface area contributed by atoms with Gasteiger partial charge in [-0.15, -0.1) is 6.58 Å². The summed E-state index contributed by atoms with van der Waals surface area (Å²) in [7, 11) is 0. The molecule has 0 fully saturated rings. The lowest BCUT2D eigenvalue weighted by atomic mass is 10.3. The largest absolute Gasteiger partial charge is 0.455 e. The molecule has 0 saturated carbocycles. The van der Waals surface area contributed by atoms with Gasteiger partial charge in [0.25, 0.3) is 0 Å². The van der Waals surface area contributed by atoms with E-state index in [9.17, 15) is 0 Å². The Kier molecular flexibility index (Phi) is 5.60. The first-order chi connectivity index (χ1) is 10.2. The number of anilines is 1. The van der Waals surface area contributed by atoms with Crippen LogP contribution in [0.25, 0.3) is 0 Å². The van der Waals surface area contributed by atoms with E-state index >= 15 is 0 Å². The molecule has 0 saturated heterocycles. The summed E-state index contributed by atoms with van der Waals surface area (Å²) < 4.78 is 5.84. The minimum Gasteiger partial charge on any atom is -0.455 e. The van der Waals surface area contributed by atoms with Crippen molar-refractivity contribution in [3.63, 3.8) is 0 Å². The summed E-state index contributed by atoms with van der Waals surface area (Å²) in [5, 5.41) is 7.15. The van der Waals surface area contributed by atoms with E-state index in [-0.39, 0.29) is 0 Å². The highest BCUT2D eigenvalue weighted by Gasteiger charge is 2.07. The van der Waals surface area contributed by atoms with Crippen molar-refractivity contribution in [3.8, 4) is 11.5 Å². The van der Waals surface area contributed by atoms with E-state index in [1.807, 2.05) is 30.3 Å². The third-order valence-corrected chi connectivity index (χ3v) is 3.05. The summed E-state index contributed by atoms with van der Waals surface area (Å²) in [6.07, 6.45) is 1.73. The fourth-order valence-corrected chi connectivity index (χ4v) is 2.00. The zero-order valence-corrected chi connectivity index (χ0v) is 12.9. The van der Waals surface area contributed by atoms with Gasteiger partial charge < -0.3 is 15.4 Å². The first-order valence-corrected chi connectivity index (χ1v) is 7.16. The average Bonchev–Trinajstić information content (AvgIpc) is 2.49. The van der Waals surface area contributed by atoms with Crippen LogP contribution in [0.15, 0.2) is 61.2 Å². The van der Waals surface area contributed by atoms with Crippen molar-refractivity contribution < 1.29 is 4.74 Å². The van der Waals surface area contributed by atoms with Crippen molar-refractivity contribution in [2.45, 2.75) is 0 Å². The fraction of sp³-hybridized carbons (Fsp3) is 0.0625. The van der Waals surface area contributed by atoms with Crippen molar-refractivity contribution in [2.75, 3.05) is 11.9 Å². The van der Waals surface area contributed by atoms with Crippen LogP contribution < -0.4 is 15.4 Å². The van der Waals surface area contributed by atoms with Crippen LogP contribution >= 0.6 is 23.8 Å². The van der Waals surface area contributed by atoms with Crippen molar-refractivity contribution in [3.05, 3.63) is 66.2 Å². The highest BCUT2D eigenvalue weighted by Crippen LogP contribution is 2.31. The standard InChI is InChI=1S/C16H15ClN2OS/c1-2-10-18-16(21)19-14-11-12(17)8-9-15(14)20-13-6-4-3-5-7-13/h2-9,11H,1,10H2,(H2,18,19,21). The van der Waals surface area contributed by atoms with Gasteiger partial charge in [0.1, 0.15) is 5.75 Å². The number of ether oxygens (including phenoxy) is 1. The van der Waals surface area contributed by atoms with Gasteiger partial charge >= 0.3 is 0 Å². The molecule has 3 nitrogen and oxygen atoms in total. The second-order valence-corrected chi connectivity index (χ2v) is 5.02. The first-order valence-electron chi connectivity index (χ1n) is 6.37. The van der Waals surface area contributed by atoms with Crippen LogP contribution in [0.3, 0.4) is 0 Å². The lowest BCUT2D eigenvalue weighted by Crippen LogP contribution is -2.28. The first kappa shape index (κ1) is 15.4. The van der Waals surface area contributed by atoms with E-state index < -0.39 is 0 Å². The molecule has 0 amide bonds. The smallest absolute Gasteiger partial charge is 0.171 e. The van der Waals surface area contributed by atoms with E-state index in [1.165, 1.54) is 0 Å². The second-order valence-electron chi connectivity index (χ2n) is 4.18. The monoisotopic (exact) mass is 318 g/mol. The molecule has 0 atom stereocenters. The summed E-state index contributed by atoms with van der Waals surface area (Å²) >= 11 is 11.2. The Morgan fingerprint density at radius 2 is 2.00 bits per heavy atom. The topological polar surface area (TPSA) is 33.3 Å². The van der Waals surface area contributed by atoms with Crippen LogP contribution in [0.2, 0.25) is 5.02 Å². The summed E-state index contributed by atoms with van der Waals surface area (Å²) in [5.41, 5.74) is 0.702. The van der Waals surface area contributed by atoms with E-state index in [0.717, 1.165) is 5.75 Å². The van der Waals surface area contributed by atoms with Crippen LogP contribution in [0.5, 0.6) is 11.5 Å². The maximum Gasteiger partial charge on any atom is 0.171 e. The normalized spacial score (nSPS) is 9.76. The molecule has 0 heterocycles. The Labute approximate surface area is 134 Å². The molecular formula is C16H15ClN2OS. The van der Waals surface area contributed by atoms with Crippen molar-refractivity contribution in [1.29, 1.82) is 0 Å². The summed E-state index contributed by atoms with van der Waals surface area (Å²) in [6.45, 7) is 4.22. The number of halogens is 1. The van der Waals surface area contributed by atoms with Crippen LogP contribution in [-0.2, 0) is 0 Å². The van der Waals surface area contributed by atoms with Crippen molar-refractivity contribution in [1.82, 2.24) is 5.32 Å². The molecule has 0 aliphatic carbocycles. The quantitative estimate of drug-likeness (QED) is 0.623. The number of hydrogen-bond donors (Lipinski definition) is 2. The van der Waals surface area contributed by atoms with Crippen molar-refractivity contribution >= 4 is 34.6 Å². The maximum absolute atomic E-state index is 6.03. The third kappa shape index (κ3) is 4.77. The van der Waals surface area contributed by atoms with Crippen LogP contribution in [-0.4, -0.2) is 11.7 Å². The lowest BCUT2D eigenvalue weighted by molar-refractivity contribution is 0.485. The van der Waals surface area contributed by atoms with Gasteiger partial charge in [0.2, 0.25) is 0 Å². The number of para-hydroxylation sites is 1. The molecule has 2 rings (SSSR count). The van der Waals surface area contributed by atoms with Crippen LogP contribution in [0.1, 0.15) is 0 Å². The average molecular weight is 319 g/mol. The predicted octanol–water partition coefficient (Wildman–Crippen LogP) is 4.60. The molecule has 0 aromatic heterocycles. The van der Waals surface area contributed by atoms with Gasteiger partial charge in [0.15, 0.2) is 10.9 Å². The Hall–Kier alpha value is -2.04. The van der Waals surface area contributed by atoms with Gasteiger partial charge in [-0.25, -0.2) is 0 Å². The van der Waals surface area contributed by atoms with Crippen LogP contribution in [0.4, 0.5) is 5.69 Å². The lowest BCUT2D eigenvalue weighted by Gasteiger charge is -2.14. The van der Waals surface area contributed by atoms with E-state index in [2.05, 4.69) is 17.2 Å². The number of benzene rings is 2. The highest BCUT2D eigenvalue weighted by atomic mass is 35.5. The number of nitrogens with one attached hydrogen (secondary N) is 2. The molecule has 0 spiro atoms. The molecule has 21 heavy (non-hydrogen) atoms. The van der Waals surface area contributed by atoms with Gasteiger partial charge in [-0.1, -0.05) is 35.9 Å². The second kappa shape index (κ2) is 7.67. The molecule has 2 aromatic carbocycles. The van der Waals surface area contributed by atoms with E-state index in [1.54, 1.807) is 24.3 Å². The highest BCUT2D eigenvalue weighted by molar-refractivity contribution is 7.80. The van der Waals surface area contributed by atoms with Gasteiger partial charge in [0, 0.05) is 11.6 Å². The van der Waals surface area contributed by atoms with Gasteiger partial charge in [0.05, 0.1) is 5.69 Å². The molecule has 0 radical (unpaired) electrons. The molecule has 0 unspecified atom stereocenters. The van der Waals surface area contributed by atoms with Gasteiger partial charge in [-0.2, -0.15) is 0 Å². The number of thiocarbonyl (C=S) groups is 1. The predicted molar refractivity (Wildman–Crippen MR) is 92.4 cm³/mol. The molecule has 2 N–H and O–H groups in total. The molecule has 0 aliphatic heterocycles. The zero-order valence-electron chi connectivity index (χ0n) is 11.3. The molecule has 0 aliphatic rings. The Morgan fingerprint density at radius 1 is 1.24 bits per heavy atom. The minimum absolute atomic E-state index is 0.482. The molecule has 0 bridgehead atoms. The Morgan fingerprint density at radius 3 is 2.71 bits per heavy atom. The molecular weight excluding hydrogens is 304 g/mol. The summed E-state index contributed by atoms with van der Waals surface area (Å²) in [6, 6.07) is 14.9. The molecule has 5 heteroatoms. The van der Waals surface area contributed by atoms with Crippen LogP contribution in [0, 0.1) is 0 Å². The summed E-state index contributed by atoms with van der Waals surface area (Å²) in [5.74, 6) is 1.39. The fourth-order valence-electron chi connectivity index (χ4n) is 1.64. The van der Waals surface area contributed by atoms with Crippen molar-refractivity contribution in [2.24, 2.45) is 0 Å². The summed E-state index contributed by atoms with van der Waals surface area (Å²) in [4.78, 5) is 0. The maximum atomic E-state index is 6.03. The minimum atomic E-state index is 0.482. The Bertz CT molecular complexity index is 631. The SMILES string of the molecule is C=CCNC(=S)Nc1cc(Cl)ccc1Oc1ccccc1. The van der Waals surface area contributed by atoms with Gasteiger partial charge in [-0.05, 0) is 42.5 Å². The van der Waals surface area contributed by atoms with Gasteiger partial charge in [-0.3, -0.25) is 0 Å². The Balaban J connectivity index is 2.17. The zero-order chi connectivity index (χ0) is 15.1. The van der Waals surface area contributed by atoms with E-state index in [4.69, 9.17) is 28.6 Å². The molecule has 2 aromatic rings. The number of rotatable bonds is 5. The van der Waals surface area contributed by atoms with E-state index in [0.29, 0.717) is 28.1 Å². The molecule has 108 valence electrons. The number of hydrogen-bond acceptors (Lipinski definition) is 2. The third-order valence-electron chi connectivity index (χ3n) is 2.57.